The maximum atomic E-state index is 13.3. The van der Waals surface area contributed by atoms with Crippen LogP contribution < -0.4 is 0 Å². The minimum atomic E-state index is -0.495. The van der Waals surface area contributed by atoms with Crippen molar-refractivity contribution in [3.8, 4) is 0 Å². The van der Waals surface area contributed by atoms with E-state index in [0.717, 1.165) is 13.1 Å². The average Bonchev–Trinajstić information content (AvgIpc) is 2.42. The highest BCUT2D eigenvalue weighted by atomic mass is 19.1. The van der Waals surface area contributed by atoms with Gasteiger partial charge in [-0.15, -0.1) is 0 Å². The zero-order valence-corrected chi connectivity index (χ0v) is 11.2. The van der Waals surface area contributed by atoms with Gasteiger partial charge in [0.2, 0.25) is 0 Å². The number of hydrogen-bond acceptors (Lipinski definition) is 3. The molecule has 106 valence electrons. The van der Waals surface area contributed by atoms with Crippen LogP contribution in [0.2, 0.25) is 0 Å². The molecule has 3 nitrogen and oxygen atoms in total. The van der Waals surface area contributed by atoms with E-state index in [9.17, 15) is 9.50 Å². The van der Waals surface area contributed by atoms with Gasteiger partial charge in [-0.05, 0) is 32.0 Å². The highest BCUT2D eigenvalue weighted by Gasteiger charge is 2.14. The van der Waals surface area contributed by atoms with Crippen LogP contribution in [0.25, 0.3) is 0 Å². The molecule has 1 N–H and O–H groups in total. The molecule has 1 heterocycles. The standard InChI is InChI=1S/C15H22FNO2/c16-15-7-3-2-6-13(15)11-19-12-14(18)10-17-8-4-1-5-9-17/h2-3,6-7,14,18H,1,4-5,8-12H2/t14-/m0/s1. The number of halogens is 1. The third-order valence-corrected chi connectivity index (χ3v) is 3.44. The predicted octanol–water partition coefficient (Wildman–Crippen LogP) is 2.19. The summed E-state index contributed by atoms with van der Waals surface area (Å²) in [7, 11) is 0. The molecule has 1 aliphatic heterocycles. The normalized spacial score (nSPS) is 18.4. The Labute approximate surface area is 114 Å². The molecule has 0 amide bonds. The van der Waals surface area contributed by atoms with Crippen molar-refractivity contribution in [3.05, 3.63) is 35.6 Å². The molecule has 1 aromatic rings. The summed E-state index contributed by atoms with van der Waals surface area (Å²) in [5.41, 5.74) is 0.535. The van der Waals surface area contributed by atoms with Crippen molar-refractivity contribution < 1.29 is 14.2 Å². The third-order valence-electron chi connectivity index (χ3n) is 3.44. The van der Waals surface area contributed by atoms with Crippen LogP contribution in [0.1, 0.15) is 24.8 Å². The van der Waals surface area contributed by atoms with Crippen LogP contribution in [-0.4, -0.2) is 42.4 Å². The van der Waals surface area contributed by atoms with Crippen molar-refractivity contribution in [2.24, 2.45) is 0 Å². The van der Waals surface area contributed by atoms with Crippen molar-refractivity contribution in [2.75, 3.05) is 26.2 Å². The summed E-state index contributed by atoms with van der Waals surface area (Å²) in [5.74, 6) is -0.256. The summed E-state index contributed by atoms with van der Waals surface area (Å²) >= 11 is 0. The average molecular weight is 267 g/mol. The lowest BCUT2D eigenvalue weighted by Crippen LogP contribution is -2.38. The monoisotopic (exact) mass is 267 g/mol. The van der Waals surface area contributed by atoms with Gasteiger partial charge in [-0.25, -0.2) is 4.39 Å². The van der Waals surface area contributed by atoms with Crippen molar-refractivity contribution in [2.45, 2.75) is 32.0 Å². The number of β-amino-alcohol motifs (C(OH)–C–C–N with tert-alkyl or cyclic N) is 1. The fraction of sp³-hybridized carbons (Fsp3) is 0.600. The minimum Gasteiger partial charge on any atom is -0.389 e. The smallest absolute Gasteiger partial charge is 0.128 e. The van der Waals surface area contributed by atoms with Crippen LogP contribution >= 0.6 is 0 Å². The van der Waals surface area contributed by atoms with Crippen molar-refractivity contribution >= 4 is 0 Å². The first-order chi connectivity index (χ1) is 9.25. The van der Waals surface area contributed by atoms with Crippen molar-refractivity contribution in [3.63, 3.8) is 0 Å². The van der Waals surface area contributed by atoms with E-state index in [1.54, 1.807) is 18.2 Å². The largest absolute Gasteiger partial charge is 0.389 e. The van der Waals surface area contributed by atoms with Gasteiger partial charge in [0.1, 0.15) is 5.82 Å². The van der Waals surface area contributed by atoms with Crippen LogP contribution in [0, 0.1) is 5.82 Å². The molecule has 4 heteroatoms. The number of aliphatic hydroxyl groups is 1. The van der Waals surface area contributed by atoms with Crippen LogP contribution in [0.15, 0.2) is 24.3 Å². The first kappa shape index (κ1) is 14.4. The Hall–Kier alpha value is -0.970. The number of hydrogen-bond donors (Lipinski definition) is 1. The van der Waals surface area contributed by atoms with Gasteiger partial charge in [0.25, 0.3) is 0 Å². The molecule has 1 fully saturated rings. The third kappa shape index (κ3) is 4.90. The number of rotatable bonds is 6. The molecule has 1 saturated heterocycles. The first-order valence-corrected chi connectivity index (χ1v) is 6.97. The van der Waals surface area contributed by atoms with E-state index >= 15 is 0 Å². The fourth-order valence-electron chi connectivity index (χ4n) is 2.41. The summed E-state index contributed by atoms with van der Waals surface area (Å²) in [6.07, 6.45) is 3.21. The number of benzene rings is 1. The lowest BCUT2D eigenvalue weighted by Gasteiger charge is -2.28. The van der Waals surface area contributed by atoms with Gasteiger partial charge in [-0.3, -0.25) is 0 Å². The van der Waals surface area contributed by atoms with Crippen LogP contribution in [0.5, 0.6) is 0 Å². The molecule has 0 aliphatic carbocycles. The Bertz CT molecular complexity index is 380. The van der Waals surface area contributed by atoms with Gasteiger partial charge in [-0.1, -0.05) is 24.6 Å². The second-order valence-electron chi connectivity index (χ2n) is 5.12. The van der Waals surface area contributed by atoms with Gasteiger partial charge in [0.05, 0.1) is 19.3 Å². The first-order valence-electron chi connectivity index (χ1n) is 6.97. The molecular weight excluding hydrogens is 245 g/mol. The maximum absolute atomic E-state index is 13.3. The van der Waals surface area contributed by atoms with Gasteiger partial charge < -0.3 is 14.7 Å². The van der Waals surface area contributed by atoms with E-state index in [4.69, 9.17) is 4.74 Å². The van der Waals surface area contributed by atoms with E-state index in [1.807, 2.05) is 0 Å². The minimum absolute atomic E-state index is 0.212. The Morgan fingerprint density at radius 1 is 1.21 bits per heavy atom. The quantitative estimate of drug-likeness (QED) is 0.857. The van der Waals surface area contributed by atoms with Gasteiger partial charge >= 0.3 is 0 Å². The Balaban J connectivity index is 1.66. The number of likely N-dealkylation sites (tertiary alicyclic amines) is 1. The van der Waals surface area contributed by atoms with Crippen LogP contribution in [0.4, 0.5) is 4.39 Å². The predicted molar refractivity (Wildman–Crippen MR) is 72.4 cm³/mol. The fourth-order valence-corrected chi connectivity index (χ4v) is 2.41. The summed E-state index contributed by atoms with van der Waals surface area (Å²) in [5, 5.41) is 9.89. The Morgan fingerprint density at radius 2 is 1.95 bits per heavy atom. The SMILES string of the molecule is O[C@H](COCc1ccccc1F)CN1CCCCC1. The zero-order chi connectivity index (χ0) is 13.5. The van der Waals surface area contributed by atoms with Gasteiger partial charge in [-0.2, -0.15) is 0 Å². The molecular formula is C15H22FNO2. The molecule has 2 rings (SSSR count). The molecule has 1 atom stereocenters. The number of piperidine rings is 1. The Kier molecular flexibility index (Phi) is 5.76. The second-order valence-corrected chi connectivity index (χ2v) is 5.12. The molecule has 0 saturated carbocycles. The molecule has 0 aromatic heterocycles. The van der Waals surface area contributed by atoms with E-state index in [2.05, 4.69) is 4.90 Å². The lowest BCUT2D eigenvalue weighted by atomic mass is 10.1. The molecule has 0 unspecified atom stereocenters. The van der Waals surface area contributed by atoms with Gasteiger partial charge in [0.15, 0.2) is 0 Å². The second kappa shape index (κ2) is 7.58. The van der Waals surface area contributed by atoms with E-state index in [0.29, 0.717) is 12.1 Å². The van der Waals surface area contributed by atoms with Gasteiger partial charge in [0, 0.05) is 12.1 Å². The molecule has 1 aromatic carbocycles. The number of aliphatic hydroxyl groups excluding tert-OH is 1. The topological polar surface area (TPSA) is 32.7 Å². The Morgan fingerprint density at radius 3 is 2.68 bits per heavy atom. The summed E-state index contributed by atoms with van der Waals surface area (Å²) in [6, 6.07) is 6.56. The highest BCUT2D eigenvalue weighted by Crippen LogP contribution is 2.10. The summed E-state index contributed by atoms with van der Waals surface area (Å²) in [6.45, 7) is 3.24. The molecule has 0 bridgehead atoms. The van der Waals surface area contributed by atoms with E-state index in [-0.39, 0.29) is 19.0 Å². The maximum Gasteiger partial charge on any atom is 0.128 e. The molecule has 1 aliphatic rings. The zero-order valence-electron chi connectivity index (χ0n) is 11.2. The summed E-state index contributed by atoms with van der Waals surface area (Å²) in [4.78, 5) is 2.26. The number of nitrogens with zero attached hydrogens (tertiary/aromatic N) is 1. The van der Waals surface area contributed by atoms with E-state index < -0.39 is 6.10 Å². The van der Waals surface area contributed by atoms with Crippen molar-refractivity contribution in [1.82, 2.24) is 4.90 Å². The van der Waals surface area contributed by atoms with Crippen LogP contribution in [-0.2, 0) is 11.3 Å². The van der Waals surface area contributed by atoms with E-state index in [1.165, 1.54) is 25.3 Å². The van der Waals surface area contributed by atoms with Crippen molar-refractivity contribution in [1.29, 1.82) is 0 Å². The molecule has 0 spiro atoms. The summed E-state index contributed by atoms with van der Waals surface area (Å²) < 4.78 is 18.7. The lowest BCUT2D eigenvalue weighted by molar-refractivity contribution is 0.00641. The highest BCUT2D eigenvalue weighted by molar-refractivity contribution is 5.16. The molecule has 19 heavy (non-hydrogen) atoms. The molecule has 0 radical (unpaired) electrons. The van der Waals surface area contributed by atoms with Crippen LogP contribution in [0.3, 0.4) is 0 Å². The number of ether oxygens (including phenoxy) is 1.